The van der Waals surface area contributed by atoms with E-state index >= 15 is 0 Å². The highest BCUT2D eigenvalue weighted by Gasteiger charge is 1.97. The summed E-state index contributed by atoms with van der Waals surface area (Å²) in [7, 11) is 0. The molecule has 2 heteroatoms. The Morgan fingerprint density at radius 3 is 2.22 bits per heavy atom. The minimum atomic E-state index is -0.0946. The fourth-order valence-electron chi connectivity index (χ4n) is 1.58. The summed E-state index contributed by atoms with van der Waals surface area (Å²) in [6, 6.07) is 0. The van der Waals surface area contributed by atoms with Crippen molar-refractivity contribution >= 4 is 11.6 Å². The fourth-order valence-corrected chi connectivity index (χ4v) is 1.58. The molecule has 0 unspecified atom stereocenters. The Hall–Kier alpha value is -1.18. The van der Waals surface area contributed by atoms with Crippen LogP contribution in [-0.4, -0.2) is 11.6 Å². The second-order valence-electron chi connectivity index (χ2n) is 4.56. The first kappa shape index (κ1) is 16.8. The van der Waals surface area contributed by atoms with Crippen molar-refractivity contribution in [2.24, 2.45) is 0 Å². The number of carbonyl (C=O) groups is 2. The van der Waals surface area contributed by atoms with E-state index in [-0.39, 0.29) is 11.6 Å². The van der Waals surface area contributed by atoms with Crippen molar-refractivity contribution in [3.05, 3.63) is 24.3 Å². The van der Waals surface area contributed by atoms with Gasteiger partial charge in [-0.2, -0.15) is 0 Å². The van der Waals surface area contributed by atoms with E-state index in [2.05, 4.69) is 13.8 Å². The summed E-state index contributed by atoms with van der Waals surface area (Å²) in [5.74, 6) is -0.0356. The van der Waals surface area contributed by atoms with Crippen molar-refractivity contribution in [3.63, 3.8) is 0 Å². The van der Waals surface area contributed by atoms with Crippen molar-refractivity contribution in [1.29, 1.82) is 0 Å². The second-order valence-corrected chi connectivity index (χ2v) is 4.56. The van der Waals surface area contributed by atoms with E-state index in [1.54, 1.807) is 0 Å². The molecule has 0 aliphatic heterocycles. The monoisotopic (exact) mass is 250 g/mol. The van der Waals surface area contributed by atoms with Crippen LogP contribution in [0.3, 0.4) is 0 Å². The third-order valence-corrected chi connectivity index (χ3v) is 2.70. The summed E-state index contributed by atoms with van der Waals surface area (Å²) in [5, 5.41) is 0. The molecule has 0 atom stereocenters. The number of allylic oxidation sites excluding steroid dienone is 4. The van der Waals surface area contributed by atoms with Crippen LogP contribution in [0.15, 0.2) is 24.3 Å². The maximum atomic E-state index is 11.4. The normalized spacial score (nSPS) is 11.4. The third-order valence-electron chi connectivity index (χ3n) is 2.70. The van der Waals surface area contributed by atoms with Gasteiger partial charge in [-0.25, -0.2) is 0 Å². The minimum Gasteiger partial charge on any atom is -0.295 e. The predicted molar refractivity (Wildman–Crippen MR) is 76.6 cm³/mol. The molecule has 102 valence electrons. The third kappa shape index (κ3) is 11.3. The lowest BCUT2D eigenvalue weighted by atomic mass is 10.1. The minimum absolute atomic E-state index is 0.0590. The molecule has 0 aromatic rings. The number of hydrogen-bond acceptors (Lipinski definition) is 2. The number of carbonyl (C=O) groups excluding carboxylic acids is 2. The molecule has 0 bridgehead atoms. The van der Waals surface area contributed by atoms with E-state index in [0.29, 0.717) is 6.42 Å². The van der Waals surface area contributed by atoms with Crippen LogP contribution in [0.1, 0.15) is 65.2 Å². The van der Waals surface area contributed by atoms with Crippen LogP contribution in [0.25, 0.3) is 0 Å². The van der Waals surface area contributed by atoms with Gasteiger partial charge in [0.05, 0.1) is 0 Å². The Labute approximate surface area is 111 Å². The van der Waals surface area contributed by atoms with E-state index in [4.69, 9.17) is 0 Å². The lowest BCUT2D eigenvalue weighted by Crippen LogP contribution is -1.95. The Bertz CT molecular complexity index is 287. The molecule has 0 saturated carbocycles. The van der Waals surface area contributed by atoms with Crippen molar-refractivity contribution in [2.45, 2.75) is 65.2 Å². The van der Waals surface area contributed by atoms with Crippen molar-refractivity contribution in [1.82, 2.24) is 0 Å². The number of hydrogen-bond donors (Lipinski definition) is 0. The maximum Gasteiger partial charge on any atom is 0.178 e. The summed E-state index contributed by atoms with van der Waals surface area (Å²) in [6.07, 6.45) is 14.4. The summed E-state index contributed by atoms with van der Waals surface area (Å²) in [5.41, 5.74) is 0. The summed E-state index contributed by atoms with van der Waals surface area (Å²) in [6.45, 7) is 4.23. The van der Waals surface area contributed by atoms with Gasteiger partial charge in [-0.3, -0.25) is 9.59 Å². The molecule has 18 heavy (non-hydrogen) atoms. The standard InChI is InChI=1S/C16H26O2/c1-3-5-7-8-10-12-16(18)14-13-15(17)11-9-6-4-2/h9,11,13-14H,3-8,10,12H2,1-2H3. The van der Waals surface area contributed by atoms with Gasteiger partial charge in [-0.15, -0.1) is 0 Å². The van der Waals surface area contributed by atoms with Crippen LogP contribution in [0.5, 0.6) is 0 Å². The first-order valence-corrected chi connectivity index (χ1v) is 7.12. The Morgan fingerprint density at radius 2 is 1.56 bits per heavy atom. The summed E-state index contributed by atoms with van der Waals surface area (Å²) < 4.78 is 0. The second kappa shape index (κ2) is 12.3. The average molecular weight is 250 g/mol. The largest absolute Gasteiger partial charge is 0.295 e. The van der Waals surface area contributed by atoms with Gasteiger partial charge in [0.15, 0.2) is 11.6 Å². The van der Waals surface area contributed by atoms with E-state index in [0.717, 1.165) is 25.7 Å². The number of unbranched alkanes of at least 4 members (excludes halogenated alkanes) is 5. The van der Waals surface area contributed by atoms with Crippen LogP contribution >= 0.6 is 0 Å². The molecular formula is C16H26O2. The van der Waals surface area contributed by atoms with Gasteiger partial charge in [-0.05, 0) is 31.1 Å². The lowest BCUT2D eigenvalue weighted by Gasteiger charge is -1.97. The molecule has 0 radical (unpaired) electrons. The summed E-state index contributed by atoms with van der Waals surface area (Å²) in [4.78, 5) is 22.8. The molecule has 0 N–H and O–H groups in total. The fraction of sp³-hybridized carbons (Fsp3) is 0.625. The molecule has 2 nitrogen and oxygen atoms in total. The highest BCUT2D eigenvalue weighted by atomic mass is 16.1. The zero-order valence-corrected chi connectivity index (χ0v) is 11.8. The lowest BCUT2D eigenvalue weighted by molar-refractivity contribution is -0.115. The topological polar surface area (TPSA) is 34.1 Å². The highest BCUT2D eigenvalue weighted by Crippen LogP contribution is 2.05. The van der Waals surface area contributed by atoms with Gasteiger partial charge in [0.25, 0.3) is 0 Å². The highest BCUT2D eigenvalue weighted by molar-refractivity contribution is 6.03. The maximum absolute atomic E-state index is 11.4. The van der Waals surface area contributed by atoms with Crippen molar-refractivity contribution in [3.8, 4) is 0 Å². The molecule has 0 aliphatic carbocycles. The molecule has 0 rings (SSSR count). The van der Waals surface area contributed by atoms with Crippen molar-refractivity contribution in [2.75, 3.05) is 0 Å². The molecule has 0 aromatic carbocycles. The smallest absolute Gasteiger partial charge is 0.178 e. The zero-order valence-electron chi connectivity index (χ0n) is 11.8. The van der Waals surface area contributed by atoms with Crippen LogP contribution in [0.4, 0.5) is 0 Å². The molecule has 0 spiro atoms. The van der Waals surface area contributed by atoms with Crippen LogP contribution in [0.2, 0.25) is 0 Å². The SMILES string of the molecule is CCCC=CC(=O)C=CC(=O)CCCCCCC. The van der Waals surface area contributed by atoms with E-state index in [1.807, 2.05) is 6.08 Å². The molecule has 0 aromatic heterocycles. The average Bonchev–Trinajstić information content (AvgIpc) is 2.36. The quantitative estimate of drug-likeness (QED) is 0.402. The molecule has 0 amide bonds. The van der Waals surface area contributed by atoms with E-state index in [9.17, 15) is 9.59 Å². The molecule has 0 saturated heterocycles. The Kier molecular flexibility index (Phi) is 11.5. The van der Waals surface area contributed by atoms with Gasteiger partial charge in [0.2, 0.25) is 0 Å². The Balaban J connectivity index is 3.69. The summed E-state index contributed by atoms with van der Waals surface area (Å²) >= 11 is 0. The van der Waals surface area contributed by atoms with Gasteiger partial charge >= 0.3 is 0 Å². The zero-order chi connectivity index (χ0) is 13.6. The number of rotatable bonds is 11. The molecule has 0 aliphatic rings. The van der Waals surface area contributed by atoms with E-state index in [1.165, 1.54) is 37.5 Å². The van der Waals surface area contributed by atoms with Gasteiger partial charge in [-0.1, -0.05) is 52.0 Å². The first-order valence-electron chi connectivity index (χ1n) is 7.12. The Morgan fingerprint density at radius 1 is 0.833 bits per heavy atom. The predicted octanol–water partition coefficient (Wildman–Crippen LogP) is 4.40. The molecule has 0 fully saturated rings. The number of ketones is 2. The van der Waals surface area contributed by atoms with Crippen LogP contribution < -0.4 is 0 Å². The first-order chi connectivity index (χ1) is 8.70. The van der Waals surface area contributed by atoms with Crippen molar-refractivity contribution < 1.29 is 9.59 Å². The van der Waals surface area contributed by atoms with E-state index < -0.39 is 0 Å². The van der Waals surface area contributed by atoms with Gasteiger partial charge < -0.3 is 0 Å². The van der Waals surface area contributed by atoms with Gasteiger partial charge in [0.1, 0.15) is 0 Å². The van der Waals surface area contributed by atoms with Crippen LogP contribution in [-0.2, 0) is 9.59 Å². The molecular weight excluding hydrogens is 224 g/mol. The molecule has 0 heterocycles. The van der Waals surface area contributed by atoms with Gasteiger partial charge in [0, 0.05) is 6.42 Å². The van der Waals surface area contributed by atoms with Crippen LogP contribution in [0, 0.1) is 0 Å².